The highest BCUT2D eigenvalue weighted by molar-refractivity contribution is 5.19. The Labute approximate surface area is 101 Å². The zero-order valence-electron chi connectivity index (χ0n) is 9.99. The molecular weight excluding hydrogens is 215 g/mol. The van der Waals surface area contributed by atoms with Crippen molar-refractivity contribution in [3.8, 4) is 6.07 Å². The van der Waals surface area contributed by atoms with E-state index in [0.29, 0.717) is 0 Å². The summed E-state index contributed by atoms with van der Waals surface area (Å²) in [4.78, 5) is 0. The highest BCUT2D eigenvalue weighted by Gasteiger charge is 2.28. The number of hydrogen-bond acceptors (Lipinski definition) is 2. The van der Waals surface area contributed by atoms with Crippen molar-refractivity contribution in [3.63, 3.8) is 0 Å². The summed E-state index contributed by atoms with van der Waals surface area (Å²) >= 11 is 0. The maximum atomic E-state index is 12.8. The number of nitriles is 1. The molecule has 0 saturated heterocycles. The van der Waals surface area contributed by atoms with Gasteiger partial charge in [-0.3, -0.25) is 0 Å². The molecule has 3 atom stereocenters. The lowest BCUT2D eigenvalue weighted by Crippen LogP contribution is -2.33. The number of benzene rings is 1. The molecule has 1 aromatic rings. The smallest absolute Gasteiger partial charge is 0.123 e. The van der Waals surface area contributed by atoms with Gasteiger partial charge in [0.2, 0.25) is 0 Å². The summed E-state index contributed by atoms with van der Waals surface area (Å²) in [5.74, 6) is -0.0883. The minimum Gasteiger partial charge on any atom is -0.306 e. The summed E-state index contributed by atoms with van der Waals surface area (Å²) in [6.45, 7) is 2.06. The van der Waals surface area contributed by atoms with Gasteiger partial charge in [-0.25, -0.2) is 4.39 Å². The number of hydrogen-bond donors (Lipinski definition) is 1. The van der Waals surface area contributed by atoms with E-state index in [0.717, 1.165) is 24.8 Å². The molecule has 0 radical (unpaired) electrons. The first-order valence-electron chi connectivity index (χ1n) is 6.12. The zero-order chi connectivity index (χ0) is 12.3. The van der Waals surface area contributed by atoms with Crippen molar-refractivity contribution < 1.29 is 4.39 Å². The van der Waals surface area contributed by atoms with E-state index in [1.165, 1.54) is 12.1 Å². The van der Waals surface area contributed by atoms with E-state index >= 15 is 0 Å². The fraction of sp³-hybridized carbons (Fsp3) is 0.500. The van der Waals surface area contributed by atoms with Crippen LogP contribution in [0.1, 0.15) is 37.8 Å². The second kappa shape index (κ2) is 5.29. The maximum absolute atomic E-state index is 12.8. The second-order valence-electron chi connectivity index (χ2n) is 4.71. The Kier molecular flexibility index (Phi) is 3.75. The highest BCUT2D eigenvalue weighted by atomic mass is 19.1. The molecule has 3 heteroatoms. The lowest BCUT2D eigenvalue weighted by atomic mass is 10.0. The summed E-state index contributed by atoms with van der Waals surface area (Å²) in [5, 5.41) is 12.5. The van der Waals surface area contributed by atoms with Crippen LogP contribution in [0.5, 0.6) is 0 Å². The minimum absolute atomic E-state index is 0.123. The molecule has 2 rings (SSSR count). The average Bonchev–Trinajstić information content (AvgIpc) is 2.77. The Morgan fingerprint density at radius 1 is 1.35 bits per heavy atom. The van der Waals surface area contributed by atoms with Crippen LogP contribution >= 0.6 is 0 Å². The van der Waals surface area contributed by atoms with Gasteiger partial charge in [0, 0.05) is 12.1 Å². The molecule has 2 nitrogen and oxygen atoms in total. The van der Waals surface area contributed by atoms with E-state index in [4.69, 9.17) is 5.26 Å². The van der Waals surface area contributed by atoms with Crippen molar-refractivity contribution in [3.05, 3.63) is 35.6 Å². The Hall–Kier alpha value is -1.40. The van der Waals surface area contributed by atoms with Gasteiger partial charge in [-0.2, -0.15) is 5.26 Å². The van der Waals surface area contributed by atoms with Gasteiger partial charge >= 0.3 is 0 Å². The quantitative estimate of drug-likeness (QED) is 0.868. The summed E-state index contributed by atoms with van der Waals surface area (Å²) in [7, 11) is 0. The van der Waals surface area contributed by atoms with Crippen molar-refractivity contribution in [1.29, 1.82) is 5.26 Å². The maximum Gasteiger partial charge on any atom is 0.123 e. The molecule has 0 aliphatic heterocycles. The van der Waals surface area contributed by atoms with Gasteiger partial charge in [0.05, 0.1) is 12.0 Å². The monoisotopic (exact) mass is 232 g/mol. The third-order valence-corrected chi connectivity index (χ3v) is 3.52. The van der Waals surface area contributed by atoms with Gasteiger partial charge in [0.25, 0.3) is 0 Å². The van der Waals surface area contributed by atoms with Crippen molar-refractivity contribution in [1.82, 2.24) is 5.32 Å². The molecule has 2 unspecified atom stereocenters. The first-order chi connectivity index (χ1) is 8.20. The van der Waals surface area contributed by atoms with Crippen LogP contribution in [0.25, 0.3) is 0 Å². The number of halogens is 1. The molecular formula is C14H17FN2. The molecule has 0 amide bonds. The first-order valence-corrected chi connectivity index (χ1v) is 6.12. The molecule has 1 N–H and O–H groups in total. The van der Waals surface area contributed by atoms with Gasteiger partial charge in [-0.05, 0) is 37.5 Å². The third kappa shape index (κ3) is 2.83. The molecule has 0 bridgehead atoms. The van der Waals surface area contributed by atoms with Crippen LogP contribution in [0.2, 0.25) is 0 Å². The Bertz CT molecular complexity index is 407. The SMILES string of the molecule is C[C@H](NC1CCCC1C#N)c1ccc(F)cc1. The summed E-state index contributed by atoms with van der Waals surface area (Å²) in [6.07, 6.45) is 3.17. The summed E-state index contributed by atoms with van der Waals surface area (Å²) in [5.41, 5.74) is 1.06. The number of nitrogens with zero attached hydrogens (tertiary/aromatic N) is 1. The van der Waals surface area contributed by atoms with Crippen molar-refractivity contribution in [2.24, 2.45) is 5.92 Å². The lowest BCUT2D eigenvalue weighted by Gasteiger charge is -2.21. The van der Waals surface area contributed by atoms with Crippen LogP contribution in [0.15, 0.2) is 24.3 Å². The van der Waals surface area contributed by atoms with Gasteiger partial charge < -0.3 is 5.32 Å². The average molecular weight is 232 g/mol. The highest BCUT2D eigenvalue weighted by Crippen LogP contribution is 2.27. The molecule has 0 spiro atoms. The van der Waals surface area contributed by atoms with E-state index in [-0.39, 0.29) is 23.8 Å². The molecule has 1 fully saturated rings. The molecule has 0 aromatic heterocycles. The fourth-order valence-corrected chi connectivity index (χ4v) is 2.48. The van der Waals surface area contributed by atoms with Crippen molar-refractivity contribution >= 4 is 0 Å². The normalized spacial score (nSPS) is 25.5. The van der Waals surface area contributed by atoms with E-state index < -0.39 is 0 Å². The predicted octanol–water partition coefficient (Wildman–Crippen LogP) is 3.17. The topological polar surface area (TPSA) is 35.8 Å². The lowest BCUT2D eigenvalue weighted by molar-refractivity contribution is 0.417. The van der Waals surface area contributed by atoms with Crippen LogP contribution in [-0.2, 0) is 0 Å². The van der Waals surface area contributed by atoms with Crippen LogP contribution in [0, 0.1) is 23.1 Å². The Morgan fingerprint density at radius 3 is 2.71 bits per heavy atom. The van der Waals surface area contributed by atoms with E-state index in [9.17, 15) is 4.39 Å². The largest absolute Gasteiger partial charge is 0.306 e. The van der Waals surface area contributed by atoms with Crippen LogP contribution in [0.4, 0.5) is 4.39 Å². The van der Waals surface area contributed by atoms with Gasteiger partial charge in [-0.1, -0.05) is 18.6 Å². The van der Waals surface area contributed by atoms with E-state index in [1.807, 2.05) is 0 Å². The second-order valence-corrected chi connectivity index (χ2v) is 4.71. The third-order valence-electron chi connectivity index (χ3n) is 3.52. The van der Waals surface area contributed by atoms with Crippen LogP contribution in [-0.4, -0.2) is 6.04 Å². The van der Waals surface area contributed by atoms with Gasteiger partial charge in [0.1, 0.15) is 5.82 Å². The first kappa shape index (κ1) is 12.1. The van der Waals surface area contributed by atoms with E-state index in [2.05, 4.69) is 18.3 Å². The van der Waals surface area contributed by atoms with Crippen molar-refractivity contribution in [2.45, 2.75) is 38.3 Å². The fourth-order valence-electron chi connectivity index (χ4n) is 2.48. The predicted molar refractivity (Wildman–Crippen MR) is 64.7 cm³/mol. The molecule has 0 heterocycles. The Balaban J connectivity index is 1.99. The number of nitrogens with one attached hydrogen (secondary N) is 1. The standard InChI is InChI=1S/C14H17FN2/c1-10(11-5-7-13(15)8-6-11)17-14-4-2-3-12(14)9-16/h5-8,10,12,14,17H,2-4H2,1H3/t10-,12?,14?/m0/s1. The molecule has 1 aliphatic carbocycles. The van der Waals surface area contributed by atoms with Gasteiger partial charge in [-0.15, -0.1) is 0 Å². The molecule has 1 aromatic carbocycles. The van der Waals surface area contributed by atoms with Crippen LogP contribution in [0.3, 0.4) is 0 Å². The molecule has 1 aliphatic rings. The van der Waals surface area contributed by atoms with Gasteiger partial charge in [0.15, 0.2) is 0 Å². The Morgan fingerprint density at radius 2 is 2.06 bits per heavy atom. The van der Waals surface area contributed by atoms with Crippen LogP contribution < -0.4 is 5.32 Å². The molecule has 17 heavy (non-hydrogen) atoms. The van der Waals surface area contributed by atoms with Crippen molar-refractivity contribution in [2.75, 3.05) is 0 Å². The zero-order valence-corrected chi connectivity index (χ0v) is 9.99. The molecule has 90 valence electrons. The number of rotatable bonds is 3. The summed E-state index contributed by atoms with van der Waals surface area (Å²) < 4.78 is 12.8. The van der Waals surface area contributed by atoms with E-state index in [1.54, 1.807) is 12.1 Å². The molecule has 1 saturated carbocycles. The minimum atomic E-state index is -0.211. The summed E-state index contributed by atoms with van der Waals surface area (Å²) in [6, 6.07) is 9.34.